The van der Waals surface area contributed by atoms with Crippen LogP contribution in [0.2, 0.25) is 0 Å². The topological polar surface area (TPSA) is 126 Å². The van der Waals surface area contributed by atoms with Gasteiger partial charge < -0.3 is 34.6 Å². The van der Waals surface area contributed by atoms with Crippen LogP contribution in [-0.4, -0.2) is 81.3 Å². The van der Waals surface area contributed by atoms with Gasteiger partial charge in [-0.1, -0.05) is 110 Å². The van der Waals surface area contributed by atoms with Crippen LogP contribution in [0.1, 0.15) is 162 Å². The molecule has 4 N–H and O–H groups in total. The number of cyclic esters (lactones) is 1. The lowest BCUT2D eigenvalue weighted by atomic mass is 9.98. The van der Waals surface area contributed by atoms with Crippen molar-refractivity contribution in [3.8, 4) is 0 Å². The molecule has 0 bridgehead atoms. The van der Waals surface area contributed by atoms with E-state index in [1.165, 1.54) is 44.9 Å². The molecule has 0 amide bonds. The number of aliphatic hydroxyl groups is 4. The van der Waals surface area contributed by atoms with Crippen LogP contribution in [0.15, 0.2) is 11.6 Å². The summed E-state index contributed by atoms with van der Waals surface area (Å²) in [5.41, 5.74) is 0.602. The van der Waals surface area contributed by atoms with Crippen molar-refractivity contribution in [1.29, 1.82) is 0 Å². The summed E-state index contributed by atoms with van der Waals surface area (Å²) in [7, 11) is 0. The zero-order valence-electron chi connectivity index (χ0n) is 28.5. The zero-order valence-corrected chi connectivity index (χ0v) is 28.5. The monoisotopic (exact) mass is 638 g/mol. The summed E-state index contributed by atoms with van der Waals surface area (Å²) >= 11 is 0. The first-order valence-electron chi connectivity index (χ1n) is 18.7. The molecule has 0 aliphatic carbocycles. The Hall–Kier alpha value is -1.03. The Bertz CT molecular complexity index is 833. The molecule has 0 aromatic carbocycles. The Kier molecular flexibility index (Phi) is 18.6. The Labute approximate surface area is 273 Å². The second-order valence-corrected chi connectivity index (χ2v) is 14.2. The van der Waals surface area contributed by atoms with Gasteiger partial charge in [-0.3, -0.25) is 0 Å². The highest BCUT2D eigenvalue weighted by Gasteiger charge is 2.45. The molecule has 8 nitrogen and oxygen atoms in total. The molecule has 45 heavy (non-hydrogen) atoms. The number of esters is 1. The second kappa shape index (κ2) is 21.8. The van der Waals surface area contributed by atoms with Crippen LogP contribution in [0.3, 0.4) is 0 Å². The van der Waals surface area contributed by atoms with Crippen molar-refractivity contribution in [2.75, 3.05) is 0 Å². The Balaban J connectivity index is 1.16. The van der Waals surface area contributed by atoms with Gasteiger partial charge in [-0.25, -0.2) is 4.79 Å². The molecule has 3 aliphatic heterocycles. The smallest absolute Gasteiger partial charge is 0.334 e. The molecule has 2 saturated heterocycles. The lowest BCUT2D eigenvalue weighted by Gasteiger charge is -2.24. The van der Waals surface area contributed by atoms with Crippen LogP contribution in [-0.2, 0) is 19.0 Å². The molecule has 0 spiro atoms. The summed E-state index contributed by atoms with van der Waals surface area (Å²) < 4.78 is 17.4. The minimum atomic E-state index is -0.680. The minimum Gasteiger partial charge on any atom is -0.455 e. The molecule has 2 fully saturated rings. The molecule has 9 atom stereocenters. The van der Waals surface area contributed by atoms with Gasteiger partial charge >= 0.3 is 5.97 Å². The molecule has 3 aliphatic rings. The van der Waals surface area contributed by atoms with Crippen molar-refractivity contribution in [2.45, 2.75) is 216 Å². The highest BCUT2D eigenvalue weighted by Crippen LogP contribution is 2.35. The Morgan fingerprint density at radius 2 is 1.29 bits per heavy atom. The number of hydrogen-bond donors (Lipinski definition) is 4. The van der Waals surface area contributed by atoms with E-state index in [9.17, 15) is 25.2 Å². The van der Waals surface area contributed by atoms with Crippen LogP contribution < -0.4 is 0 Å². The normalized spacial score (nSPS) is 28.8. The number of hydrogen-bond acceptors (Lipinski definition) is 8. The third-order valence-corrected chi connectivity index (χ3v) is 10.1. The van der Waals surface area contributed by atoms with E-state index in [-0.39, 0.29) is 30.4 Å². The summed E-state index contributed by atoms with van der Waals surface area (Å²) in [5, 5.41) is 42.3. The summed E-state index contributed by atoms with van der Waals surface area (Å²) in [6.07, 6.45) is 21.5. The molecule has 0 aromatic heterocycles. The first-order chi connectivity index (χ1) is 21.8. The van der Waals surface area contributed by atoms with E-state index in [0.29, 0.717) is 31.3 Å². The van der Waals surface area contributed by atoms with E-state index in [0.717, 1.165) is 77.0 Å². The summed E-state index contributed by atoms with van der Waals surface area (Å²) in [6, 6.07) is 0. The average molecular weight is 639 g/mol. The highest BCUT2D eigenvalue weighted by molar-refractivity contribution is 5.90. The van der Waals surface area contributed by atoms with E-state index in [1.807, 2.05) is 6.92 Å². The van der Waals surface area contributed by atoms with Crippen LogP contribution >= 0.6 is 0 Å². The summed E-state index contributed by atoms with van der Waals surface area (Å²) in [5.74, 6) is -0.293. The molecule has 3 heterocycles. The van der Waals surface area contributed by atoms with Crippen molar-refractivity contribution >= 4 is 5.97 Å². The standard InChI is InChI=1S/C37H66O8/c1-3-4-5-6-7-11-14-17-20-30(39)33-22-23-34(44-33)35-26-32(41)36(45-35)31(40)21-18-15-12-9-8-10-13-16-19-29(38)25-28-24-27(2)43-37(28)42/h24,27,29-36,38-41H,3-23,25-26H2,1-2H3/t27-,29?,30-,31+,32?,33+,34+,35+,36+/m0/s1. The Morgan fingerprint density at radius 1 is 0.733 bits per heavy atom. The summed E-state index contributed by atoms with van der Waals surface area (Å²) in [6.45, 7) is 4.07. The zero-order chi connectivity index (χ0) is 32.4. The third-order valence-electron chi connectivity index (χ3n) is 10.1. The maximum Gasteiger partial charge on any atom is 0.334 e. The predicted octanol–water partition coefficient (Wildman–Crippen LogP) is 6.83. The number of aliphatic hydroxyl groups excluding tert-OH is 4. The maximum atomic E-state index is 11.7. The van der Waals surface area contributed by atoms with Gasteiger partial charge in [0.25, 0.3) is 0 Å². The fraction of sp³-hybridized carbons (Fsp3) is 0.919. The van der Waals surface area contributed by atoms with Gasteiger partial charge in [0.2, 0.25) is 0 Å². The van der Waals surface area contributed by atoms with Gasteiger partial charge in [-0.15, -0.1) is 0 Å². The minimum absolute atomic E-state index is 0.120. The molecule has 0 saturated carbocycles. The van der Waals surface area contributed by atoms with Gasteiger partial charge in [0.1, 0.15) is 12.2 Å². The van der Waals surface area contributed by atoms with E-state index in [2.05, 4.69) is 6.92 Å². The van der Waals surface area contributed by atoms with Crippen LogP contribution in [0.4, 0.5) is 0 Å². The van der Waals surface area contributed by atoms with Crippen LogP contribution in [0, 0.1) is 0 Å². The molecule has 2 unspecified atom stereocenters. The average Bonchev–Trinajstić information content (AvgIpc) is 3.73. The maximum absolute atomic E-state index is 11.7. The first-order valence-corrected chi connectivity index (χ1v) is 18.7. The molecule has 0 aromatic rings. The number of carbonyl (C=O) groups excluding carboxylic acids is 1. The van der Waals surface area contributed by atoms with Crippen molar-refractivity contribution < 1.29 is 39.4 Å². The van der Waals surface area contributed by atoms with E-state index in [1.54, 1.807) is 6.08 Å². The van der Waals surface area contributed by atoms with Crippen molar-refractivity contribution in [2.24, 2.45) is 0 Å². The number of carbonyl (C=O) groups is 1. The molecule has 262 valence electrons. The van der Waals surface area contributed by atoms with Gasteiger partial charge in [0, 0.05) is 18.4 Å². The molecule has 3 rings (SSSR count). The molecule has 0 radical (unpaired) electrons. The Morgan fingerprint density at radius 3 is 1.87 bits per heavy atom. The molecular weight excluding hydrogens is 572 g/mol. The molecule has 8 heteroatoms. The van der Waals surface area contributed by atoms with Gasteiger partial charge in [0.05, 0.1) is 42.7 Å². The fourth-order valence-corrected chi connectivity index (χ4v) is 7.32. The quantitative estimate of drug-likeness (QED) is 0.0634. The van der Waals surface area contributed by atoms with Crippen LogP contribution in [0.25, 0.3) is 0 Å². The van der Waals surface area contributed by atoms with Gasteiger partial charge in [-0.05, 0) is 45.1 Å². The van der Waals surface area contributed by atoms with Crippen molar-refractivity contribution in [3.63, 3.8) is 0 Å². The first kappa shape index (κ1) is 38.4. The number of ether oxygens (including phenoxy) is 3. The lowest BCUT2D eigenvalue weighted by Crippen LogP contribution is -2.35. The van der Waals surface area contributed by atoms with Crippen LogP contribution in [0.5, 0.6) is 0 Å². The van der Waals surface area contributed by atoms with Gasteiger partial charge in [-0.2, -0.15) is 0 Å². The second-order valence-electron chi connectivity index (χ2n) is 14.2. The number of unbranched alkanes of at least 4 members (excludes halogenated alkanes) is 14. The molecular formula is C37H66O8. The SMILES string of the molecule is CCCCCCCCCC[C@H](O)[C@H]1CC[C@H]([C@H]2CC(O)[C@@H]([C@H](O)CCCCCCCCCCC(O)CC3=C[C@H](C)OC3=O)O2)O1. The van der Waals surface area contributed by atoms with Crippen molar-refractivity contribution in [3.05, 3.63) is 11.6 Å². The largest absolute Gasteiger partial charge is 0.455 e. The lowest BCUT2D eigenvalue weighted by molar-refractivity contribution is -0.139. The van der Waals surface area contributed by atoms with E-state index < -0.39 is 30.5 Å². The predicted molar refractivity (Wildman–Crippen MR) is 177 cm³/mol. The third kappa shape index (κ3) is 14.3. The van der Waals surface area contributed by atoms with Gasteiger partial charge in [0.15, 0.2) is 0 Å². The van der Waals surface area contributed by atoms with E-state index in [4.69, 9.17) is 14.2 Å². The van der Waals surface area contributed by atoms with Crippen molar-refractivity contribution in [1.82, 2.24) is 0 Å². The van der Waals surface area contributed by atoms with E-state index >= 15 is 0 Å². The number of rotatable bonds is 25. The summed E-state index contributed by atoms with van der Waals surface area (Å²) in [4.78, 5) is 11.7. The highest BCUT2D eigenvalue weighted by atomic mass is 16.6. The fourth-order valence-electron chi connectivity index (χ4n) is 7.32.